The molecule has 6 heteroatoms. The van der Waals surface area contributed by atoms with Crippen molar-refractivity contribution < 1.29 is 9.53 Å². The first kappa shape index (κ1) is 16.4. The summed E-state index contributed by atoms with van der Waals surface area (Å²) in [5.74, 6) is 0. The Labute approximate surface area is 141 Å². The lowest BCUT2D eigenvalue weighted by Crippen LogP contribution is -2.47. The van der Waals surface area contributed by atoms with Crippen molar-refractivity contribution in [1.82, 2.24) is 20.2 Å². The van der Waals surface area contributed by atoms with Crippen LogP contribution in [0, 0.1) is 0 Å². The van der Waals surface area contributed by atoms with Crippen LogP contribution in [0.4, 0.5) is 4.79 Å². The molecule has 2 heterocycles. The zero-order valence-electron chi connectivity index (χ0n) is 13.8. The Kier molecular flexibility index (Phi) is 5.38. The Morgan fingerprint density at radius 1 is 1.25 bits per heavy atom. The highest BCUT2D eigenvalue weighted by Crippen LogP contribution is 2.19. The smallest absolute Gasteiger partial charge is 0.407 e. The molecule has 1 amide bonds. The van der Waals surface area contributed by atoms with Gasteiger partial charge in [0.05, 0.1) is 7.11 Å². The molecule has 1 unspecified atom stereocenters. The van der Waals surface area contributed by atoms with Gasteiger partial charge in [0.15, 0.2) is 0 Å². The van der Waals surface area contributed by atoms with Gasteiger partial charge in [-0.05, 0) is 30.5 Å². The molecule has 0 bridgehead atoms. The van der Waals surface area contributed by atoms with Gasteiger partial charge < -0.3 is 10.1 Å². The van der Waals surface area contributed by atoms with Crippen molar-refractivity contribution in [2.24, 2.45) is 0 Å². The van der Waals surface area contributed by atoms with Crippen molar-refractivity contribution in [3.63, 3.8) is 0 Å². The number of nitrogens with one attached hydrogen (secondary N) is 1. The topological polar surface area (TPSA) is 67.3 Å². The fourth-order valence-corrected chi connectivity index (χ4v) is 3.05. The molecule has 1 aromatic carbocycles. The van der Waals surface area contributed by atoms with E-state index in [9.17, 15) is 4.79 Å². The number of methoxy groups -OCH3 is 1. The number of benzene rings is 1. The lowest BCUT2D eigenvalue weighted by Gasteiger charge is -2.32. The molecule has 126 valence electrons. The lowest BCUT2D eigenvalue weighted by molar-refractivity contribution is 0.145. The number of hydrogen-bond donors (Lipinski definition) is 1. The maximum atomic E-state index is 11.4. The molecule has 0 saturated carbocycles. The van der Waals surface area contributed by atoms with Crippen LogP contribution in [0.2, 0.25) is 0 Å². The molecule has 0 spiro atoms. The Balaban J connectivity index is 1.58. The second kappa shape index (κ2) is 7.88. The highest BCUT2D eigenvalue weighted by molar-refractivity contribution is 5.67. The molecule has 1 N–H and O–H groups in total. The summed E-state index contributed by atoms with van der Waals surface area (Å²) in [7, 11) is 1.40. The number of ether oxygens (including phenoxy) is 1. The Morgan fingerprint density at radius 2 is 2.00 bits per heavy atom. The van der Waals surface area contributed by atoms with E-state index in [4.69, 9.17) is 0 Å². The first-order valence-electron chi connectivity index (χ1n) is 8.16. The standard InChI is InChI=1S/C18H22N4O2/c1-24-18(23)21-17-3-2-8-22(12-17)11-14-4-6-15(7-5-14)16-9-19-13-20-10-16/h4-7,9-10,13,17H,2-3,8,11-12H2,1H3,(H,21,23). The fraction of sp³-hybridized carbons (Fsp3) is 0.389. The monoisotopic (exact) mass is 326 g/mol. The minimum atomic E-state index is -0.351. The molecule has 0 radical (unpaired) electrons. The summed E-state index contributed by atoms with van der Waals surface area (Å²) in [5, 5.41) is 2.90. The van der Waals surface area contributed by atoms with Gasteiger partial charge in [-0.2, -0.15) is 0 Å². The van der Waals surface area contributed by atoms with E-state index in [-0.39, 0.29) is 12.1 Å². The fourth-order valence-electron chi connectivity index (χ4n) is 3.05. The molecule has 6 nitrogen and oxygen atoms in total. The molecule has 1 aliphatic heterocycles. The van der Waals surface area contributed by atoms with Gasteiger partial charge in [0, 0.05) is 37.1 Å². The Hall–Kier alpha value is -2.47. The molecular weight excluding hydrogens is 304 g/mol. The van der Waals surface area contributed by atoms with E-state index in [0.717, 1.165) is 43.6 Å². The summed E-state index contributed by atoms with van der Waals surface area (Å²) in [5.41, 5.74) is 3.39. The number of aromatic nitrogens is 2. The molecule has 1 fully saturated rings. The van der Waals surface area contributed by atoms with Gasteiger partial charge in [-0.15, -0.1) is 0 Å². The molecular formula is C18H22N4O2. The van der Waals surface area contributed by atoms with Crippen molar-refractivity contribution in [1.29, 1.82) is 0 Å². The number of carbonyl (C=O) groups excluding carboxylic acids is 1. The highest BCUT2D eigenvalue weighted by Gasteiger charge is 2.21. The minimum absolute atomic E-state index is 0.159. The van der Waals surface area contributed by atoms with E-state index in [2.05, 4.69) is 49.2 Å². The van der Waals surface area contributed by atoms with Gasteiger partial charge in [-0.3, -0.25) is 4.90 Å². The number of carbonyl (C=O) groups is 1. The van der Waals surface area contributed by atoms with Gasteiger partial charge >= 0.3 is 6.09 Å². The predicted molar refractivity (Wildman–Crippen MR) is 91.3 cm³/mol. The Morgan fingerprint density at radius 3 is 2.71 bits per heavy atom. The number of alkyl carbamates (subject to hydrolysis) is 1. The van der Waals surface area contributed by atoms with E-state index in [1.165, 1.54) is 19.0 Å². The highest BCUT2D eigenvalue weighted by atomic mass is 16.5. The number of amides is 1. The van der Waals surface area contributed by atoms with Crippen LogP contribution in [0.15, 0.2) is 43.0 Å². The largest absolute Gasteiger partial charge is 0.453 e. The van der Waals surface area contributed by atoms with Crippen LogP contribution in [0.1, 0.15) is 18.4 Å². The second-order valence-corrected chi connectivity index (χ2v) is 6.03. The first-order chi connectivity index (χ1) is 11.7. The van der Waals surface area contributed by atoms with E-state index >= 15 is 0 Å². The van der Waals surface area contributed by atoms with Gasteiger partial charge in [0.2, 0.25) is 0 Å². The third-order valence-electron chi connectivity index (χ3n) is 4.27. The van der Waals surface area contributed by atoms with Crippen LogP contribution in [0.5, 0.6) is 0 Å². The van der Waals surface area contributed by atoms with Crippen molar-refractivity contribution in [3.8, 4) is 11.1 Å². The maximum absolute atomic E-state index is 11.4. The lowest BCUT2D eigenvalue weighted by atomic mass is 10.0. The van der Waals surface area contributed by atoms with Crippen LogP contribution >= 0.6 is 0 Å². The van der Waals surface area contributed by atoms with Crippen LogP contribution < -0.4 is 5.32 Å². The molecule has 2 aromatic rings. The summed E-state index contributed by atoms with van der Waals surface area (Å²) in [6.45, 7) is 2.78. The zero-order chi connectivity index (χ0) is 16.8. The number of rotatable bonds is 4. The molecule has 24 heavy (non-hydrogen) atoms. The van der Waals surface area contributed by atoms with Crippen molar-refractivity contribution in [2.45, 2.75) is 25.4 Å². The molecule has 1 aliphatic rings. The SMILES string of the molecule is COC(=O)NC1CCCN(Cc2ccc(-c3cncnc3)cc2)C1. The molecule has 1 saturated heterocycles. The van der Waals surface area contributed by atoms with Gasteiger partial charge in [-0.1, -0.05) is 24.3 Å². The van der Waals surface area contributed by atoms with Crippen LogP contribution in [0.25, 0.3) is 11.1 Å². The second-order valence-electron chi connectivity index (χ2n) is 6.03. The number of piperidine rings is 1. The van der Waals surface area contributed by atoms with Crippen molar-refractivity contribution in [2.75, 3.05) is 20.2 Å². The molecule has 3 rings (SSSR count). The number of nitrogens with zero attached hydrogens (tertiary/aromatic N) is 3. The van der Waals surface area contributed by atoms with Gasteiger partial charge in [0.1, 0.15) is 6.33 Å². The van der Waals surface area contributed by atoms with Gasteiger partial charge in [0.25, 0.3) is 0 Å². The summed E-state index contributed by atoms with van der Waals surface area (Å²) >= 11 is 0. The molecule has 1 aromatic heterocycles. The number of likely N-dealkylation sites (tertiary alicyclic amines) is 1. The zero-order valence-corrected chi connectivity index (χ0v) is 13.8. The average Bonchev–Trinajstić information content (AvgIpc) is 2.63. The van der Waals surface area contributed by atoms with Crippen LogP contribution in [-0.2, 0) is 11.3 Å². The quantitative estimate of drug-likeness (QED) is 0.935. The van der Waals surface area contributed by atoms with Crippen LogP contribution in [0.3, 0.4) is 0 Å². The van der Waals surface area contributed by atoms with E-state index in [1.807, 2.05) is 12.4 Å². The third kappa shape index (κ3) is 4.29. The normalized spacial score (nSPS) is 18.1. The average molecular weight is 326 g/mol. The summed E-state index contributed by atoms with van der Waals surface area (Å²) in [6, 6.07) is 8.64. The first-order valence-corrected chi connectivity index (χ1v) is 8.16. The predicted octanol–water partition coefficient (Wildman–Crippen LogP) is 2.46. The van der Waals surface area contributed by atoms with E-state index in [0.29, 0.717) is 0 Å². The summed E-state index contributed by atoms with van der Waals surface area (Å²) < 4.78 is 4.68. The van der Waals surface area contributed by atoms with E-state index < -0.39 is 0 Å². The minimum Gasteiger partial charge on any atom is -0.453 e. The van der Waals surface area contributed by atoms with Gasteiger partial charge in [-0.25, -0.2) is 14.8 Å². The molecule has 0 aliphatic carbocycles. The van der Waals surface area contributed by atoms with Crippen molar-refractivity contribution in [3.05, 3.63) is 48.5 Å². The maximum Gasteiger partial charge on any atom is 0.407 e. The van der Waals surface area contributed by atoms with E-state index in [1.54, 1.807) is 0 Å². The number of hydrogen-bond acceptors (Lipinski definition) is 5. The van der Waals surface area contributed by atoms with Crippen molar-refractivity contribution >= 4 is 6.09 Å². The summed E-state index contributed by atoms with van der Waals surface area (Å²) in [4.78, 5) is 21.8. The Bertz CT molecular complexity index is 660. The third-order valence-corrected chi connectivity index (χ3v) is 4.27. The molecule has 1 atom stereocenters. The summed E-state index contributed by atoms with van der Waals surface area (Å²) in [6.07, 6.45) is 6.89. The van der Waals surface area contributed by atoms with Crippen LogP contribution in [-0.4, -0.2) is 47.2 Å².